The maximum absolute atomic E-state index is 12.4. The molecule has 1 unspecified atom stereocenters. The third-order valence-corrected chi connectivity index (χ3v) is 4.60. The van der Waals surface area contributed by atoms with Crippen LogP contribution in [-0.2, 0) is 11.3 Å². The molecule has 1 atom stereocenters. The predicted octanol–water partition coefficient (Wildman–Crippen LogP) is 6.00. The highest BCUT2D eigenvalue weighted by Gasteiger charge is 2.16. The Kier molecular flexibility index (Phi) is 9.58. The Morgan fingerprint density at radius 2 is 1.82 bits per heavy atom. The number of halogens is 2. The van der Waals surface area contributed by atoms with Gasteiger partial charge in [-0.1, -0.05) is 75.2 Å². The van der Waals surface area contributed by atoms with Gasteiger partial charge < -0.3 is 5.32 Å². The summed E-state index contributed by atoms with van der Waals surface area (Å²) in [5.41, 5.74) is 0.976. The summed E-state index contributed by atoms with van der Waals surface area (Å²) in [6.07, 6.45) is 7.82. The first-order valence-corrected chi connectivity index (χ1v) is 9.05. The van der Waals surface area contributed by atoms with Crippen molar-refractivity contribution in [1.29, 1.82) is 0 Å². The molecule has 0 radical (unpaired) electrons. The van der Waals surface area contributed by atoms with E-state index >= 15 is 0 Å². The lowest BCUT2D eigenvalue weighted by Crippen LogP contribution is -2.30. The number of hydrogen-bond donors (Lipinski definition) is 1. The van der Waals surface area contributed by atoms with Crippen molar-refractivity contribution < 1.29 is 4.79 Å². The van der Waals surface area contributed by atoms with Gasteiger partial charge in [0.25, 0.3) is 0 Å². The van der Waals surface area contributed by atoms with Crippen molar-refractivity contribution in [3.63, 3.8) is 0 Å². The Morgan fingerprint density at radius 1 is 1.05 bits per heavy atom. The van der Waals surface area contributed by atoms with Crippen molar-refractivity contribution in [2.24, 2.45) is 5.92 Å². The van der Waals surface area contributed by atoms with Crippen molar-refractivity contribution in [1.82, 2.24) is 5.32 Å². The highest BCUT2D eigenvalue weighted by atomic mass is 35.5. The summed E-state index contributed by atoms with van der Waals surface area (Å²) < 4.78 is 0. The number of rotatable bonds is 10. The molecule has 0 fully saturated rings. The van der Waals surface area contributed by atoms with Crippen LogP contribution in [0.3, 0.4) is 0 Å². The van der Waals surface area contributed by atoms with Gasteiger partial charge in [0.15, 0.2) is 0 Å². The zero-order chi connectivity index (χ0) is 16.4. The van der Waals surface area contributed by atoms with Crippen LogP contribution in [0.15, 0.2) is 18.2 Å². The fraction of sp³-hybridized carbons (Fsp3) is 0.611. The van der Waals surface area contributed by atoms with Crippen LogP contribution in [0.4, 0.5) is 0 Å². The number of amides is 1. The van der Waals surface area contributed by atoms with Crippen LogP contribution >= 0.6 is 23.2 Å². The van der Waals surface area contributed by atoms with Gasteiger partial charge in [-0.2, -0.15) is 0 Å². The topological polar surface area (TPSA) is 29.1 Å². The summed E-state index contributed by atoms with van der Waals surface area (Å²) in [7, 11) is 0. The first kappa shape index (κ1) is 19.3. The van der Waals surface area contributed by atoms with E-state index in [1.54, 1.807) is 12.1 Å². The summed E-state index contributed by atoms with van der Waals surface area (Å²) >= 11 is 11.9. The van der Waals surface area contributed by atoms with Crippen molar-refractivity contribution in [2.45, 2.75) is 65.3 Å². The molecule has 0 saturated carbocycles. The molecule has 1 rings (SSSR count). The van der Waals surface area contributed by atoms with Crippen molar-refractivity contribution in [2.75, 3.05) is 0 Å². The third kappa shape index (κ3) is 7.02. The second-order valence-electron chi connectivity index (χ2n) is 5.80. The minimum atomic E-state index is 0.129. The van der Waals surface area contributed by atoms with Gasteiger partial charge in [-0.15, -0.1) is 0 Å². The molecule has 0 aliphatic rings. The molecule has 0 saturated heterocycles. The van der Waals surface area contributed by atoms with Crippen molar-refractivity contribution >= 4 is 29.1 Å². The molecule has 0 bridgehead atoms. The molecular formula is C18H27Cl2NO. The molecule has 1 N–H and O–H groups in total. The molecular weight excluding hydrogens is 317 g/mol. The minimum absolute atomic E-state index is 0.129. The highest BCUT2D eigenvalue weighted by molar-refractivity contribution is 6.42. The maximum Gasteiger partial charge on any atom is 0.223 e. The van der Waals surface area contributed by atoms with E-state index in [2.05, 4.69) is 19.2 Å². The zero-order valence-electron chi connectivity index (χ0n) is 13.6. The van der Waals surface area contributed by atoms with Crippen LogP contribution in [0.2, 0.25) is 10.0 Å². The summed E-state index contributed by atoms with van der Waals surface area (Å²) in [5.74, 6) is 0.286. The fourth-order valence-corrected chi connectivity index (χ4v) is 2.88. The predicted molar refractivity (Wildman–Crippen MR) is 95.5 cm³/mol. The molecule has 0 spiro atoms. The van der Waals surface area contributed by atoms with Crippen LogP contribution in [0.1, 0.15) is 64.4 Å². The Morgan fingerprint density at radius 3 is 2.45 bits per heavy atom. The zero-order valence-corrected chi connectivity index (χ0v) is 15.1. The largest absolute Gasteiger partial charge is 0.352 e. The van der Waals surface area contributed by atoms with E-state index in [4.69, 9.17) is 23.2 Å². The lowest BCUT2D eigenvalue weighted by Gasteiger charge is -2.16. The van der Waals surface area contributed by atoms with Gasteiger partial charge in [0.1, 0.15) is 0 Å². The number of benzene rings is 1. The first-order valence-electron chi connectivity index (χ1n) is 8.30. The molecule has 0 aliphatic carbocycles. The molecule has 1 aromatic rings. The Labute approximate surface area is 144 Å². The van der Waals surface area contributed by atoms with Crippen LogP contribution in [0, 0.1) is 5.92 Å². The van der Waals surface area contributed by atoms with E-state index < -0.39 is 0 Å². The van der Waals surface area contributed by atoms with Gasteiger partial charge in [0.05, 0.1) is 10.0 Å². The van der Waals surface area contributed by atoms with E-state index in [0.717, 1.165) is 31.2 Å². The van der Waals surface area contributed by atoms with Gasteiger partial charge in [0.2, 0.25) is 5.91 Å². The smallest absolute Gasteiger partial charge is 0.223 e. The van der Waals surface area contributed by atoms with Crippen LogP contribution in [0.5, 0.6) is 0 Å². The highest BCUT2D eigenvalue weighted by Crippen LogP contribution is 2.23. The normalized spacial score (nSPS) is 12.2. The summed E-state index contributed by atoms with van der Waals surface area (Å²) in [6, 6.07) is 5.46. The monoisotopic (exact) mass is 343 g/mol. The molecule has 22 heavy (non-hydrogen) atoms. The van der Waals surface area contributed by atoms with Gasteiger partial charge in [-0.3, -0.25) is 4.79 Å². The van der Waals surface area contributed by atoms with E-state index in [1.807, 2.05) is 6.07 Å². The summed E-state index contributed by atoms with van der Waals surface area (Å²) in [4.78, 5) is 12.4. The van der Waals surface area contributed by atoms with Crippen LogP contribution < -0.4 is 5.32 Å². The quantitative estimate of drug-likeness (QED) is 0.519. The standard InChI is InChI=1S/C18H27Cl2NO/c1-3-5-6-7-9-15(8-4-2)18(22)21-13-14-10-11-16(19)17(20)12-14/h10-12,15H,3-9,13H2,1-2H3,(H,21,22). The Balaban J connectivity index is 2.46. The first-order chi connectivity index (χ1) is 10.6. The SMILES string of the molecule is CCCCCCC(CCC)C(=O)NCc1ccc(Cl)c(Cl)c1. The Hall–Kier alpha value is -0.730. The van der Waals surface area contributed by atoms with Crippen LogP contribution in [0.25, 0.3) is 0 Å². The number of hydrogen-bond acceptors (Lipinski definition) is 1. The molecule has 4 heteroatoms. The second-order valence-corrected chi connectivity index (χ2v) is 6.62. The van der Waals surface area contributed by atoms with Crippen molar-refractivity contribution in [3.05, 3.63) is 33.8 Å². The third-order valence-electron chi connectivity index (χ3n) is 3.86. The Bertz CT molecular complexity index is 462. The molecule has 124 valence electrons. The van der Waals surface area contributed by atoms with Gasteiger partial charge in [-0.25, -0.2) is 0 Å². The van der Waals surface area contributed by atoms with E-state index in [1.165, 1.54) is 19.3 Å². The number of nitrogens with one attached hydrogen (secondary N) is 1. The average molecular weight is 344 g/mol. The van der Waals surface area contributed by atoms with Gasteiger partial charge >= 0.3 is 0 Å². The fourth-order valence-electron chi connectivity index (χ4n) is 2.56. The minimum Gasteiger partial charge on any atom is -0.352 e. The molecule has 1 amide bonds. The number of unbranched alkanes of at least 4 members (excludes halogenated alkanes) is 3. The van der Waals surface area contributed by atoms with E-state index in [9.17, 15) is 4.79 Å². The van der Waals surface area contributed by atoms with Gasteiger partial charge in [-0.05, 0) is 30.5 Å². The van der Waals surface area contributed by atoms with Crippen molar-refractivity contribution in [3.8, 4) is 0 Å². The molecule has 0 aliphatic heterocycles. The average Bonchev–Trinajstić information content (AvgIpc) is 2.51. The molecule has 0 aromatic heterocycles. The lowest BCUT2D eigenvalue weighted by atomic mass is 9.95. The number of carbonyl (C=O) groups excluding carboxylic acids is 1. The summed E-state index contributed by atoms with van der Waals surface area (Å²) in [5, 5.41) is 4.10. The maximum atomic E-state index is 12.4. The van der Waals surface area contributed by atoms with E-state index in [-0.39, 0.29) is 11.8 Å². The molecule has 1 aromatic carbocycles. The van der Waals surface area contributed by atoms with Gasteiger partial charge in [0, 0.05) is 12.5 Å². The molecule has 0 heterocycles. The second kappa shape index (κ2) is 10.9. The summed E-state index contributed by atoms with van der Waals surface area (Å²) in [6.45, 7) is 4.84. The lowest BCUT2D eigenvalue weighted by molar-refractivity contribution is -0.125. The molecule has 2 nitrogen and oxygen atoms in total. The number of carbonyl (C=O) groups is 1. The van der Waals surface area contributed by atoms with E-state index in [0.29, 0.717) is 16.6 Å². The van der Waals surface area contributed by atoms with Crippen LogP contribution in [-0.4, -0.2) is 5.91 Å².